The highest BCUT2D eigenvalue weighted by molar-refractivity contribution is 5.81. The molecule has 10 heteroatoms. The van der Waals surface area contributed by atoms with Gasteiger partial charge in [0.05, 0.1) is 37.4 Å². The van der Waals surface area contributed by atoms with Gasteiger partial charge in [0.2, 0.25) is 0 Å². The minimum atomic E-state index is -0.530. The minimum absolute atomic E-state index is 0.314. The summed E-state index contributed by atoms with van der Waals surface area (Å²) < 4.78 is 32.2. The normalized spacial score (nSPS) is 24.9. The van der Waals surface area contributed by atoms with Crippen LogP contribution in [0.4, 0.5) is 5.82 Å². The van der Waals surface area contributed by atoms with Gasteiger partial charge in [0.1, 0.15) is 30.2 Å². The number of nitrogen functional groups attached to an aromatic ring is 1. The van der Waals surface area contributed by atoms with Gasteiger partial charge in [0, 0.05) is 7.11 Å². The van der Waals surface area contributed by atoms with Crippen LogP contribution in [0.1, 0.15) is 47.8 Å². The fraction of sp³-hybridized carbons (Fsp3) is 0.762. The van der Waals surface area contributed by atoms with Gasteiger partial charge in [-0.1, -0.05) is 0 Å². The van der Waals surface area contributed by atoms with Crippen molar-refractivity contribution < 1.29 is 23.7 Å². The molecule has 0 bridgehead atoms. The van der Waals surface area contributed by atoms with Crippen LogP contribution in [0.25, 0.3) is 11.2 Å². The number of hydrogen-bond donors (Lipinski definition) is 1. The van der Waals surface area contributed by atoms with Gasteiger partial charge in [-0.3, -0.25) is 4.57 Å². The van der Waals surface area contributed by atoms with E-state index in [1.807, 2.05) is 46.1 Å². The van der Waals surface area contributed by atoms with Crippen LogP contribution in [0.5, 0.6) is 0 Å². The third-order valence-corrected chi connectivity index (χ3v) is 4.71. The van der Waals surface area contributed by atoms with Crippen molar-refractivity contribution in [1.29, 1.82) is 0 Å². The number of ether oxygens (including phenoxy) is 5. The zero-order chi connectivity index (χ0) is 22.8. The summed E-state index contributed by atoms with van der Waals surface area (Å²) in [4.78, 5) is 12.8. The Balaban J connectivity index is 1.97. The van der Waals surface area contributed by atoms with E-state index in [9.17, 15) is 0 Å². The summed E-state index contributed by atoms with van der Waals surface area (Å²) in [7, 11) is 1.64. The molecule has 2 aromatic rings. The Bertz CT molecular complexity index is 860. The second kappa shape index (κ2) is 9.33. The first-order valence-corrected chi connectivity index (χ1v) is 10.5. The number of fused-ring (bicyclic) bond motifs is 1. The van der Waals surface area contributed by atoms with Crippen molar-refractivity contribution in [3.05, 3.63) is 12.7 Å². The molecule has 1 aliphatic heterocycles. The van der Waals surface area contributed by atoms with Crippen LogP contribution in [0.3, 0.4) is 0 Å². The van der Waals surface area contributed by atoms with E-state index in [1.54, 1.807) is 13.4 Å². The molecular formula is C21H35N5O5. The number of rotatable bonds is 8. The predicted molar refractivity (Wildman–Crippen MR) is 116 cm³/mol. The molecular weight excluding hydrogens is 402 g/mol. The van der Waals surface area contributed by atoms with Crippen molar-refractivity contribution in [1.82, 2.24) is 19.5 Å². The van der Waals surface area contributed by atoms with Crippen molar-refractivity contribution in [3.63, 3.8) is 0 Å². The quantitative estimate of drug-likeness (QED) is 0.621. The summed E-state index contributed by atoms with van der Waals surface area (Å²) in [5.41, 5.74) is 6.34. The number of hydrogen-bond acceptors (Lipinski definition) is 9. The molecule has 2 aromatic heterocycles. The number of anilines is 1. The van der Waals surface area contributed by atoms with Gasteiger partial charge >= 0.3 is 0 Å². The van der Waals surface area contributed by atoms with Crippen molar-refractivity contribution in [2.24, 2.45) is 0 Å². The lowest BCUT2D eigenvalue weighted by Crippen LogP contribution is -2.44. The molecule has 4 atom stereocenters. The van der Waals surface area contributed by atoms with Crippen LogP contribution >= 0.6 is 0 Å². The van der Waals surface area contributed by atoms with E-state index in [2.05, 4.69) is 15.0 Å². The van der Waals surface area contributed by atoms with Crippen LogP contribution in [0, 0.1) is 0 Å². The molecule has 10 nitrogen and oxygen atoms in total. The Hall–Kier alpha value is -1.85. The Morgan fingerprint density at radius 3 is 2.42 bits per heavy atom. The maximum absolute atomic E-state index is 6.46. The topological polar surface area (TPSA) is 116 Å². The van der Waals surface area contributed by atoms with Gasteiger partial charge in [0.25, 0.3) is 0 Å². The Labute approximate surface area is 183 Å². The monoisotopic (exact) mass is 437 g/mol. The molecule has 1 fully saturated rings. The average molecular weight is 438 g/mol. The lowest BCUT2D eigenvalue weighted by Gasteiger charge is -2.32. The van der Waals surface area contributed by atoms with Crippen LogP contribution in [-0.2, 0) is 23.7 Å². The maximum Gasteiger partial charge on any atom is 0.167 e. The van der Waals surface area contributed by atoms with Crippen LogP contribution in [-0.4, -0.2) is 76.0 Å². The fourth-order valence-electron chi connectivity index (χ4n) is 3.45. The Morgan fingerprint density at radius 1 is 1.03 bits per heavy atom. The molecule has 3 rings (SSSR count). The largest absolute Gasteiger partial charge is 0.382 e. The van der Waals surface area contributed by atoms with E-state index in [1.165, 1.54) is 6.33 Å². The number of imidazole rings is 1. The molecule has 2 N–H and O–H groups in total. The van der Waals surface area contributed by atoms with Crippen molar-refractivity contribution in [3.8, 4) is 0 Å². The first kappa shape index (κ1) is 23.8. The molecule has 0 radical (unpaired) electrons. The lowest BCUT2D eigenvalue weighted by atomic mass is 10.1. The Morgan fingerprint density at radius 2 is 1.77 bits per heavy atom. The number of aromatic nitrogens is 4. The smallest absolute Gasteiger partial charge is 0.167 e. The molecule has 0 aliphatic carbocycles. The minimum Gasteiger partial charge on any atom is -0.382 e. The highest BCUT2D eigenvalue weighted by Crippen LogP contribution is 2.38. The van der Waals surface area contributed by atoms with Gasteiger partial charge in [-0.15, -0.1) is 0 Å². The van der Waals surface area contributed by atoms with E-state index in [0.29, 0.717) is 36.8 Å². The van der Waals surface area contributed by atoms with E-state index in [4.69, 9.17) is 29.4 Å². The second-order valence-corrected chi connectivity index (χ2v) is 9.59. The van der Waals surface area contributed by atoms with Gasteiger partial charge in [-0.2, -0.15) is 0 Å². The van der Waals surface area contributed by atoms with Crippen molar-refractivity contribution >= 4 is 17.0 Å². The molecule has 31 heavy (non-hydrogen) atoms. The molecule has 174 valence electrons. The molecule has 0 amide bonds. The zero-order valence-corrected chi connectivity index (χ0v) is 19.5. The van der Waals surface area contributed by atoms with Crippen LogP contribution in [0.2, 0.25) is 0 Å². The van der Waals surface area contributed by atoms with Crippen molar-refractivity contribution in [2.75, 3.05) is 32.7 Å². The SMILES string of the molecule is COCCO[C@H]1C(OC(C)(C)C)[C@@H](COC(C)(C)C)O[C@H]1n1cnc2c(N)ncnc21. The first-order valence-electron chi connectivity index (χ1n) is 10.5. The lowest BCUT2D eigenvalue weighted by molar-refractivity contribution is -0.145. The standard InChI is InChI=1S/C21H35N5O5/c1-20(2,3)29-10-13-15(31-21(4,5)6)16(28-9-8-27-7)19(30-13)26-12-25-14-17(22)23-11-24-18(14)26/h11-13,15-16,19H,8-10H2,1-7H3,(H2,22,23,24)/t13-,15?,16+,19-/m1/s1. The Kier molecular flexibility index (Phi) is 7.17. The van der Waals surface area contributed by atoms with Crippen LogP contribution < -0.4 is 5.73 Å². The van der Waals surface area contributed by atoms with Crippen molar-refractivity contribution in [2.45, 2.75) is 77.3 Å². The third kappa shape index (κ3) is 5.89. The third-order valence-electron chi connectivity index (χ3n) is 4.71. The second-order valence-electron chi connectivity index (χ2n) is 9.59. The predicted octanol–water partition coefficient (Wildman–Crippen LogP) is 2.34. The highest BCUT2D eigenvalue weighted by atomic mass is 16.6. The summed E-state index contributed by atoms with van der Waals surface area (Å²) in [5, 5.41) is 0. The van der Waals surface area contributed by atoms with Gasteiger partial charge in [-0.25, -0.2) is 15.0 Å². The molecule has 3 heterocycles. The molecule has 1 aliphatic rings. The number of nitrogens with zero attached hydrogens (tertiary/aromatic N) is 4. The van der Waals surface area contributed by atoms with Gasteiger partial charge in [-0.05, 0) is 41.5 Å². The van der Waals surface area contributed by atoms with Gasteiger partial charge < -0.3 is 29.4 Å². The summed E-state index contributed by atoms with van der Waals surface area (Å²) in [6.45, 7) is 13.3. The van der Waals surface area contributed by atoms with E-state index in [-0.39, 0.29) is 17.8 Å². The molecule has 1 unspecified atom stereocenters. The maximum atomic E-state index is 6.46. The molecule has 0 saturated carbocycles. The van der Waals surface area contributed by atoms with E-state index < -0.39 is 17.9 Å². The summed E-state index contributed by atoms with van der Waals surface area (Å²) in [5.74, 6) is 0.314. The van der Waals surface area contributed by atoms with E-state index >= 15 is 0 Å². The van der Waals surface area contributed by atoms with Crippen LogP contribution in [0.15, 0.2) is 12.7 Å². The highest BCUT2D eigenvalue weighted by Gasteiger charge is 2.49. The van der Waals surface area contributed by atoms with E-state index in [0.717, 1.165) is 0 Å². The fourth-order valence-corrected chi connectivity index (χ4v) is 3.45. The zero-order valence-electron chi connectivity index (χ0n) is 19.5. The molecule has 0 aromatic carbocycles. The summed E-state index contributed by atoms with van der Waals surface area (Å²) in [6, 6.07) is 0. The summed E-state index contributed by atoms with van der Waals surface area (Å²) in [6.07, 6.45) is 1.37. The van der Waals surface area contributed by atoms with Gasteiger partial charge in [0.15, 0.2) is 17.7 Å². The number of methoxy groups -OCH3 is 1. The number of nitrogens with two attached hydrogens (primary N) is 1. The molecule has 0 spiro atoms. The average Bonchev–Trinajstić information content (AvgIpc) is 3.21. The first-order chi connectivity index (χ1) is 14.5. The summed E-state index contributed by atoms with van der Waals surface area (Å²) >= 11 is 0. The molecule has 1 saturated heterocycles.